The van der Waals surface area contributed by atoms with Crippen molar-refractivity contribution in [2.45, 2.75) is 46.2 Å². The van der Waals surface area contributed by atoms with Gasteiger partial charge in [0, 0.05) is 18.6 Å². The van der Waals surface area contributed by atoms with E-state index in [1.807, 2.05) is 13.8 Å². The second kappa shape index (κ2) is 7.56. The molecule has 0 saturated heterocycles. The summed E-state index contributed by atoms with van der Waals surface area (Å²) >= 11 is 0. The molecule has 0 fully saturated rings. The van der Waals surface area contributed by atoms with Crippen LogP contribution in [-0.2, 0) is 0 Å². The van der Waals surface area contributed by atoms with E-state index in [4.69, 9.17) is 0 Å². The zero-order valence-corrected chi connectivity index (χ0v) is 9.93. The predicted molar refractivity (Wildman–Crippen MR) is 60.6 cm³/mol. The first-order valence-corrected chi connectivity index (χ1v) is 5.29. The number of nitroso groups, excluding NO2 is 1. The van der Waals surface area contributed by atoms with Gasteiger partial charge in [0.2, 0.25) is 0 Å². The van der Waals surface area contributed by atoms with Gasteiger partial charge in [-0.2, -0.15) is 0 Å². The fourth-order valence-electron chi connectivity index (χ4n) is 1.22. The lowest BCUT2D eigenvalue weighted by atomic mass is 10.3. The topological polar surface area (TPSA) is 71.0 Å². The molecule has 0 radical (unpaired) electrons. The summed E-state index contributed by atoms with van der Waals surface area (Å²) in [6, 6.07) is 0.421. The normalized spacial score (nSPS) is 11.5. The van der Waals surface area contributed by atoms with E-state index in [-0.39, 0.29) is 11.3 Å². The van der Waals surface area contributed by atoms with E-state index < -0.39 is 0 Å². The molecule has 0 aromatic heterocycles. The zero-order chi connectivity index (χ0) is 11.8. The van der Waals surface area contributed by atoms with Gasteiger partial charge in [-0.3, -0.25) is 5.28 Å². The highest BCUT2D eigenvalue weighted by Gasteiger charge is 2.10. The molecule has 6 nitrogen and oxygen atoms in total. The molecule has 0 aromatic carbocycles. The lowest BCUT2D eigenvalue weighted by molar-refractivity contribution is -0.00902. The van der Waals surface area contributed by atoms with Crippen molar-refractivity contribution < 1.29 is 0 Å². The molecule has 90 valence electrons. The maximum atomic E-state index is 11.0. The molecule has 0 aliphatic rings. The Morgan fingerprint density at radius 2 is 1.93 bits per heavy atom. The van der Waals surface area contributed by atoms with Crippen molar-refractivity contribution in [3.63, 3.8) is 0 Å². The van der Waals surface area contributed by atoms with Crippen LogP contribution in [0.1, 0.15) is 34.1 Å². The number of nitrogens with zero attached hydrogens (tertiary/aromatic N) is 3. The van der Waals surface area contributed by atoms with Crippen LogP contribution in [0.3, 0.4) is 0 Å². The molecule has 0 heterocycles. The standard InChI is InChI=1S/C9H21N4O2/c1-8(2)10-6-5-7-12(9(3)4)13(15)11-14/h8-10H,5-7H2,1-4H3/q-1. The highest BCUT2D eigenvalue weighted by Crippen LogP contribution is 2.04. The van der Waals surface area contributed by atoms with Gasteiger partial charge < -0.3 is 10.5 Å². The van der Waals surface area contributed by atoms with Gasteiger partial charge in [-0.15, -0.1) is 4.91 Å². The summed E-state index contributed by atoms with van der Waals surface area (Å²) in [5, 5.41) is 18.1. The molecule has 0 unspecified atom stereocenters. The summed E-state index contributed by atoms with van der Waals surface area (Å²) in [6.45, 7) is 9.19. The fourth-order valence-corrected chi connectivity index (χ4v) is 1.22. The summed E-state index contributed by atoms with van der Waals surface area (Å²) in [7, 11) is 0. The maximum Gasteiger partial charge on any atom is 0.0579 e. The van der Waals surface area contributed by atoms with Crippen LogP contribution in [0.2, 0.25) is 0 Å². The maximum absolute atomic E-state index is 11.0. The van der Waals surface area contributed by atoms with E-state index in [1.54, 1.807) is 0 Å². The van der Waals surface area contributed by atoms with E-state index in [2.05, 4.69) is 24.5 Å². The second-order valence-electron chi connectivity index (χ2n) is 4.05. The van der Waals surface area contributed by atoms with E-state index in [9.17, 15) is 10.1 Å². The molecule has 15 heavy (non-hydrogen) atoms. The lowest BCUT2D eigenvalue weighted by Gasteiger charge is -2.37. The minimum Gasteiger partial charge on any atom is -0.724 e. The van der Waals surface area contributed by atoms with Crippen molar-refractivity contribution in [3.8, 4) is 0 Å². The van der Waals surface area contributed by atoms with Crippen LogP contribution in [0.5, 0.6) is 0 Å². The van der Waals surface area contributed by atoms with Crippen molar-refractivity contribution in [2.24, 2.45) is 5.29 Å². The van der Waals surface area contributed by atoms with Gasteiger partial charge in [-0.05, 0) is 26.8 Å². The Morgan fingerprint density at radius 3 is 2.33 bits per heavy atom. The Balaban J connectivity index is 3.82. The van der Waals surface area contributed by atoms with Gasteiger partial charge in [0.1, 0.15) is 0 Å². The van der Waals surface area contributed by atoms with Crippen LogP contribution in [0, 0.1) is 10.1 Å². The molecule has 0 amide bonds. The van der Waals surface area contributed by atoms with Gasteiger partial charge in [0.25, 0.3) is 0 Å². The summed E-state index contributed by atoms with van der Waals surface area (Å²) in [5.41, 5.74) is 0. The smallest absolute Gasteiger partial charge is 0.0579 e. The lowest BCUT2D eigenvalue weighted by Crippen LogP contribution is -2.41. The van der Waals surface area contributed by atoms with Crippen LogP contribution in [0.4, 0.5) is 0 Å². The van der Waals surface area contributed by atoms with Crippen molar-refractivity contribution in [2.75, 3.05) is 13.1 Å². The molecule has 6 heteroatoms. The molecule has 0 atom stereocenters. The van der Waals surface area contributed by atoms with Gasteiger partial charge in [0.05, 0.1) is 5.29 Å². The third-order valence-corrected chi connectivity index (χ3v) is 2.00. The molecule has 0 aromatic rings. The molecule has 0 aliphatic heterocycles. The predicted octanol–water partition coefficient (Wildman–Crippen LogP) is 1.48. The second-order valence-corrected chi connectivity index (χ2v) is 4.05. The Morgan fingerprint density at radius 1 is 1.33 bits per heavy atom. The largest absolute Gasteiger partial charge is 0.724 e. The Kier molecular flexibility index (Phi) is 7.19. The van der Waals surface area contributed by atoms with Crippen LogP contribution in [0.15, 0.2) is 5.29 Å². The van der Waals surface area contributed by atoms with E-state index in [0.717, 1.165) is 13.0 Å². The minimum atomic E-state index is -0.0146. The van der Waals surface area contributed by atoms with Gasteiger partial charge >= 0.3 is 0 Å². The van der Waals surface area contributed by atoms with E-state index in [0.29, 0.717) is 12.6 Å². The molecular weight excluding hydrogens is 196 g/mol. The summed E-state index contributed by atoms with van der Waals surface area (Å²) in [5.74, 6) is 0. The third kappa shape index (κ3) is 6.38. The Bertz CT molecular complexity index is 175. The molecule has 0 rings (SSSR count). The fraction of sp³-hybridized carbons (Fsp3) is 1.00. The molecule has 0 aliphatic carbocycles. The van der Waals surface area contributed by atoms with Gasteiger partial charge in [-0.1, -0.05) is 13.8 Å². The Labute approximate surface area is 91.1 Å². The Hall–Kier alpha value is -0.720. The van der Waals surface area contributed by atoms with E-state index in [1.165, 1.54) is 5.01 Å². The third-order valence-electron chi connectivity index (χ3n) is 2.00. The van der Waals surface area contributed by atoms with Crippen LogP contribution < -0.4 is 5.32 Å². The summed E-state index contributed by atoms with van der Waals surface area (Å²) < 4.78 is 0. The highest BCUT2D eigenvalue weighted by atomic mass is 16.6. The first kappa shape index (κ1) is 14.3. The summed E-state index contributed by atoms with van der Waals surface area (Å²) in [6.07, 6.45) is 0.810. The first-order chi connectivity index (χ1) is 6.99. The molecule has 0 spiro atoms. The SMILES string of the molecule is CC(C)NCCCN(C(C)C)N([O-])N=O. The monoisotopic (exact) mass is 217 g/mol. The van der Waals surface area contributed by atoms with Crippen LogP contribution >= 0.6 is 0 Å². The number of hydrazine groups is 1. The molecular formula is C9H21N4O2-. The van der Waals surface area contributed by atoms with Crippen molar-refractivity contribution in [1.82, 2.24) is 15.6 Å². The van der Waals surface area contributed by atoms with Crippen molar-refractivity contribution in [1.29, 1.82) is 0 Å². The molecule has 0 bridgehead atoms. The highest BCUT2D eigenvalue weighted by molar-refractivity contribution is 4.62. The van der Waals surface area contributed by atoms with Gasteiger partial charge in [-0.25, -0.2) is 5.01 Å². The minimum absolute atomic E-state index is 0.0146. The molecule has 0 saturated carbocycles. The van der Waals surface area contributed by atoms with Crippen molar-refractivity contribution >= 4 is 0 Å². The summed E-state index contributed by atoms with van der Waals surface area (Å²) in [4.78, 5) is 10.1. The molecule has 1 N–H and O–H groups in total. The van der Waals surface area contributed by atoms with Crippen LogP contribution in [-0.4, -0.2) is 35.5 Å². The number of hydrogen-bond acceptors (Lipinski definition) is 5. The number of nitrogens with one attached hydrogen (secondary N) is 1. The van der Waals surface area contributed by atoms with Crippen molar-refractivity contribution in [3.05, 3.63) is 10.1 Å². The zero-order valence-electron chi connectivity index (χ0n) is 9.93. The van der Waals surface area contributed by atoms with Crippen LogP contribution in [0.25, 0.3) is 0 Å². The average Bonchev–Trinajstić information content (AvgIpc) is 2.15. The number of hydrogen-bond donors (Lipinski definition) is 1. The quantitative estimate of drug-likeness (QED) is 0.379. The van der Waals surface area contributed by atoms with E-state index >= 15 is 0 Å². The average molecular weight is 217 g/mol. The number of rotatable bonds is 8. The van der Waals surface area contributed by atoms with Gasteiger partial charge in [0.15, 0.2) is 0 Å². The first-order valence-electron chi connectivity index (χ1n) is 5.29.